The molecule has 3 aromatic rings. The van der Waals surface area contributed by atoms with Gasteiger partial charge in [0.25, 0.3) is 5.69 Å². The van der Waals surface area contributed by atoms with Gasteiger partial charge in [-0.25, -0.2) is 9.78 Å². The molecule has 2 aromatic heterocycles. The van der Waals surface area contributed by atoms with E-state index in [0.29, 0.717) is 5.65 Å². The van der Waals surface area contributed by atoms with E-state index < -0.39 is 10.9 Å². The van der Waals surface area contributed by atoms with E-state index in [-0.39, 0.29) is 23.8 Å². The Bertz CT molecular complexity index is 964. The van der Waals surface area contributed by atoms with Gasteiger partial charge in [0, 0.05) is 11.8 Å². The predicted octanol–water partition coefficient (Wildman–Crippen LogP) is 3.47. The first-order valence-electron chi connectivity index (χ1n) is 7.67. The van der Waals surface area contributed by atoms with Crippen LogP contribution in [0.25, 0.3) is 5.65 Å². The van der Waals surface area contributed by atoms with Gasteiger partial charge in [0.05, 0.1) is 17.7 Å². The normalized spacial score (nSPS) is 10.6. The van der Waals surface area contributed by atoms with Gasteiger partial charge in [0.2, 0.25) is 0 Å². The number of pyridine rings is 1. The molecule has 0 saturated heterocycles. The van der Waals surface area contributed by atoms with Crippen LogP contribution in [0.5, 0.6) is 0 Å². The number of esters is 1. The Balaban J connectivity index is 2.16. The zero-order valence-corrected chi connectivity index (χ0v) is 13.7. The number of anilines is 2. The highest BCUT2D eigenvalue weighted by Crippen LogP contribution is 2.26. The zero-order valence-electron chi connectivity index (χ0n) is 13.7. The summed E-state index contributed by atoms with van der Waals surface area (Å²) in [4.78, 5) is 27.3. The van der Waals surface area contributed by atoms with Crippen LogP contribution in [-0.4, -0.2) is 26.9 Å². The van der Waals surface area contributed by atoms with Crippen molar-refractivity contribution < 1.29 is 14.5 Å². The van der Waals surface area contributed by atoms with Gasteiger partial charge in [-0.3, -0.25) is 14.5 Å². The molecule has 25 heavy (non-hydrogen) atoms. The second-order valence-electron chi connectivity index (χ2n) is 5.34. The average Bonchev–Trinajstić information content (AvgIpc) is 2.94. The molecule has 0 atom stereocenters. The van der Waals surface area contributed by atoms with Gasteiger partial charge < -0.3 is 10.1 Å². The smallest absolute Gasteiger partial charge is 0.359 e. The molecule has 8 nitrogen and oxygen atoms in total. The van der Waals surface area contributed by atoms with Crippen molar-refractivity contribution in [3.8, 4) is 0 Å². The van der Waals surface area contributed by atoms with E-state index in [9.17, 15) is 14.9 Å². The van der Waals surface area contributed by atoms with E-state index in [1.54, 1.807) is 6.92 Å². The average molecular weight is 340 g/mol. The molecule has 128 valence electrons. The number of hydrogen-bond donors (Lipinski definition) is 1. The molecule has 0 aliphatic heterocycles. The summed E-state index contributed by atoms with van der Waals surface area (Å²) in [7, 11) is 0. The number of benzene rings is 1. The van der Waals surface area contributed by atoms with Crippen LogP contribution in [0.1, 0.15) is 23.0 Å². The van der Waals surface area contributed by atoms with Gasteiger partial charge in [0.15, 0.2) is 11.5 Å². The molecular weight excluding hydrogens is 324 g/mol. The van der Waals surface area contributed by atoms with Crippen molar-refractivity contribution in [2.75, 3.05) is 11.9 Å². The van der Waals surface area contributed by atoms with Crippen molar-refractivity contribution in [3.63, 3.8) is 0 Å². The highest BCUT2D eigenvalue weighted by atomic mass is 16.6. The van der Waals surface area contributed by atoms with Crippen molar-refractivity contribution in [2.45, 2.75) is 13.8 Å². The summed E-state index contributed by atoms with van der Waals surface area (Å²) in [6.07, 6.45) is 1.26. The van der Waals surface area contributed by atoms with E-state index in [1.807, 2.05) is 31.2 Å². The number of fused-ring (bicyclic) bond motifs is 1. The van der Waals surface area contributed by atoms with E-state index >= 15 is 0 Å². The lowest BCUT2D eigenvalue weighted by Crippen LogP contribution is -2.11. The van der Waals surface area contributed by atoms with Crippen LogP contribution in [0.3, 0.4) is 0 Å². The maximum absolute atomic E-state index is 12.4. The van der Waals surface area contributed by atoms with Crippen LogP contribution in [0.15, 0.2) is 42.6 Å². The molecule has 0 aliphatic carbocycles. The van der Waals surface area contributed by atoms with Crippen molar-refractivity contribution in [3.05, 3.63) is 64.0 Å². The van der Waals surface area contributed by atoms with Gasteiger partial charge in [-0.05, 0) is 31.5 Å². The Hall–Kier alpha value is -3.42. The summed E-state index contributed by atoms with van der Waals surface area (Å²) < 4.78 is 6.47. The summed E-state index contributed by atoms with van der Waals surface area (Å²) in [5, 5.41) is 14.1. The Morgan fingerprint density at radius 1 is 1.32 bits per heavy atom. The first-order valence-corrected chi connectivity index (χ1v) is 7.67. The quantitative estimate of drug-likeness (QED) is 0.434. The highest BCUT2D eigenvalue weighted by molar-refractivity contribution is 5.95. The van der Waals surface area contributed by atoms with Gasteiger partial charge in [-0.1, -0.05) is 18.2 Å². The summed E-state index contributed by atoms with van der Waals surface area (Å²) in [6, 6.07) is 10.4. The molecule has 1 N–H and O–H groups in total. The lowest BCUT2D eigenvalue weighted by atomic mass is 10.2. The molecule has 0 radical (unpaired) electrons. The molecule has 1 aromatic carbocycles. The van der Waals surface area contributed by atoms with Crippen LogP contribution in [0.4, 0.5) is 17.2 Å². The van der Waals surface area contributed by atoms with Crippen LogP contribution in [-0.2, 0) is 4.74 Å². The number of hydrogen-bond acceptors (Lipinski definition) is 6. The number of carbonyl (C=O) groups excluding carboxylic acids is 1. The Labute approximate surface area is 143 Å². The standard InChI is InChI=1S/C17H16N4O4/c1-3-25-17(22)15-16(18-13-7-5-4-6-11(13)2)19-14-9-8-12(21(23)24)10-20(14)15/h4-10,18H,3H2,1-2H3. The third-order valence-corrected chi connectivity index (χ3v) is 3.68. The fourth-order valence-corrected chi connectivity index (χ4v) is 2.46. The number of nitrogens with one attached hydrogen (secondary N) is 1. The fraction of sp³-hybridized carbons (Fsp3) is 0.176. The molecule has 8 heteroatoms. The van der Waals surface area contributed by atoms with Gasteiger partial charge >= 0.3 is 5.97 Å². The lowest BCUT2D eigenvalue weighted by molar-refractivity contribution is -0.385. The molecule has 0 unspecified atom stereocenters. The summed E-state index contributed by atoms with van der Waals surface area (Å²) >= 11 is 0. The third-order valence-electron chi connectivity index (χ3n) is 3.68. The largest absolute Gasteiger partial charge is 0.461 e. The number of rotatable bonds is 5. The van der Waals surface area contributed by atoms with Crippen molar-refractivity contribution in [2.24, 2.45) is 0 Å². The van der Waals surface area contributed by atoms with Gasteiger partial charge in [-0.2, -0.15) is 0 Å². The van der Waals surface area contributed by atoms with Crippen molar-refractivity contribution >= 4 is 28.8 Å². The van der Waals surface area contributed by atoms with Crippen LogP contribution >= 0.6 is 0 Å². The third kappa shape index (κ3) is 3.14. The molecule has 0 saturated carbocycles. The fourth-order valence-electron chi connectivity index (χ4n) is 2.46. The molecule has 0 amide bonds. The first-order chi connectivity index (χ1) is 12.0. The maximum Gasteiger partial charge on any atom is 0.359 e. The second-order valence-corrected chi connectivity index (χ2v) is 5.34. The minimum absolute atomic E-state index is 0.115. The number of nitro groups is 1. The van der Waals surface area contributed by atoms with E-state index in [2.05, 4.69) is 10.3 Å². The molecule has 0 aliphatic rings. The van der Waals surface area contributed by atoms with Crippen LogP contribution < -0.4 is 5.32 Å². The number of nitrogens with zero attached hydrogens (tertiary/aromatic N) is 3. The van der Waals surface area contributed by atoms with Gasteiger partial charge in [0.1, 0.15) is 5.65 Å². The lowest BCUT2D eigenvalue weighted by Gasteiger charge is -2.09. The Kier molecular flexibility index (Phi) is 4.34. The number of imidazole rings is 1. The Morgan fingerprint density at radius 3 is 2.76 bits per heavy atom. The van der Waals surface area contributed by atoms with Crippen molar-refractivity contribution in [1.82, 2.24) is 9.38 Å². The monoisotopic (exact) mass is 340 g/mol. The summed E-state index contributed by atoms with van der Waals surface area (Å²) in [5.74, 6) is -0.320. The number of para-hydroxylation sites is 1. The summed E-state index contributed by atoms with van der Waals surface area (Å²) in [5.41, 5.74) is 2.14. The first kappa shape index (κ1) is 16.4. The molecule has 2 heterocycles. The zero-order chi connectivity index (χ0) is 18.0. The molecule has 0 bridgehead atoms. The maximum atomic E-state index is 12.4. The highest BCUT2D eigenvalue weighted by Gasteiger charge is 2.22. The topological polar surface area (TPSA) is 98.8 Å². The molecule has 0 fully saturated rings. The van der Waals surface area contributed by atoms with Crippen LogP contribution in [0, 0.1) is 17.0 Å². The van der Waals surface area contributed by atoms with Crippen LogP contribution in [0.2, 0.25) is 0 Å². The van der Waals surface area contributed by atoms with Crippen molar-refractivity contribution in [1.29, 1.82) is 0 Å². The van der Waals surface area contributed by atoms with E-state index in [0.717, 1.165) is 11.3 Å². The minimum atomic E-state index is -0.605. The molecule has 3 rings (SSSR count). The number of carbonyl (C=O) groups is 1. The Morgan fingerprint density at radius 2 is 2.08 bits per heavy atom. The molecule has 0 spiro atoms. The van der Waals surface area contributed by atoms with E-state index in [1.165, 1.54) is 22.7 Å². The SMILES string of the molecule is CCOC(=O)c1c(Nc2ccccc2C)nc2ccc([N+](=O)[O-])cn12. The number of aromatic nitrogens is 2. The second kappa shape index (κ2) is 6.60. The van der Waals surface area contributed by atoms with E-state index in [4.69, 9.17) is 4.74 Å². The predicted molar refractivity (Wildman–Crippen MR) is 92.3 cm³/mol. The van der Waals surface area contributed by atoms with Gasteiger partial charge in [-0.15, -0.1) is 0 Å². The summed E-state index contributed by atoms with van der Waals surface area (Å²) in [6.45, 7) is 3.80. The number of aryl methyl sites for hydroxylation is 1. The number of ether oxygens (including phenoxy) is 1. The molecular formula is C17H16N4O4. The minimum Gasteiger partial charge on any atom is -0.461 e.